The molecule has 1 saturated heterocycles. The second kappa shape index (κ2) is 13.4. The van der Waals surface area contributed by atoms with Crippen molar-refractivity contribution < 1.29 is 33.0 Å². The van der Waals surface area contributed by atoms with E-state index in [2.05, 4.69) is 5.14 Å². The Morgan fingerprint density at radius 3 is 2.21 bits per heavy atom. The van der Waals surface area contributed by atoms with Gasteiger partial charge in [-0.3, -0.25) is 9.59 Å². The largest absolute Gasteiger partial charge is 0.481 e. The lowest BCUT2D eigenvalue weighted by Gasteiger charge is -2.40. The molecule has 0 radical (unpaired) electrons. The maximum atomic E-state index is 13.0. The van der Waals surface area contributed by atoms with Gasteiger partial charge in [-0.15, -0.1) is 0 Å². The summed E-state index contributed by atoms with van der Waals surface area (Å²) in [4.78, 5) is 38.7. The highest BCUT2D eigenvalue weighted by molar-refractivity contribution is 7.88. The number of nitrogens with zero attached hydrogens (tertiary/aromatic N) is 1. The first-order chi connectivity index (χ1) is 15.8. The van der Waals surface area contributed by atoms with Crippen LogP contribution in [0.5, 0.6) is 0 Å². The van der Waals surface area contributed by atoms with E-state index in [1.54, 1.807) is 0 Å². The standard InChI is InChI=1S/C21H31N3O5.CH5NO2S/c22-13-5-4-9-17(23)18(25)24-14-6-12-21(24,20(28)29)16(19(26)27)11-10-15-7-2-1-3-8-15;1-5(2,3)4/h1-3,7-8,16-17H,4-6,9-14,22-23H2,(H,26,27)(H,28,29);1H3,(H2,2,3,4)/t16?,17-,21+;/m0./s1. The summed E-state index contributed by atoms with van der Waals surface area (Å²) in [5, 5.41) is 24.3. The van der Waals surface area contributed by atoms with E-state index in [9.17, 15) is 33.0 Å². The molecular weight excluding hydrogens is 464 g/mol. The first kappa shape index (κ1) is 29.5. The summed E-state index contributed by atoms with van der Waals surface area (Å²) in [7, 11) is -3.17. The molecule has 1 aromatic rings. The molecule has 0 aliphatic carbocycles. The summed E-state index contributed by atoms with van der Waals surface area (Å²) >= 11 is 0. The van der Waals surface area contributed by atoms with Crippen LogP contribution in [0.1, 0.15) is 44.1 Å². The third-order valence-electron chi connectivity index (χ3n) is 5.78. The minimum Gasteiger partial charge on any atom is -0.481 e. The highest BCUT2D eigenvalue weighted by atomic mass is 32.2. The van der Waals surface area contributed by atoms with Crippen LogP contribution in [0.15, 0.2) is 30.3 Å². The fourth-order valence-corrected chi connectivity index (χ4v) is 4.24. The van der Waals surface area contributed by atoms with Gasteiger partial charge in [-0.25, -0.2) is 18.4 Å². The monoisotopic (exact) mass is 500 g/mol. The molecule has 1 aromatic carbocycles. The molecule has 0 spiro atoms. The number of nitrogens with two attached hydrogens (primary N) is 3. The fraction of sp³-hybridized carbons (Fsp3) is 0.591. The zero-order valence-corrected chi connectivity index (χ0v) is 20.2. The number of carbonyl (C=O) groups excluding carboxylic acids is 1. The topological polar surface area (TPSA) is 207 Å². The molecule has 1 unspecified atom stereocenters. The number of carboxylic acid groups (broad SMARTS) is 2. The summed E-state index contributed by atoms with van der Waals surface area (Å²) in [6, 6.07) is 8.45. The van der Waals surface area contributed by atoms with Gasteiger partial charge in [0, 0.05) is 6.54 Å². The molecule has 12 heteroatoms. The summed E-state index contributed by atoms with van der Waals surface area (Å²) < 4.78 is 18.8. The number of primary sulfonamides is 1. The number of sulfonamides is 1. The van der Waals surface area contributed by atoms with E-state index < -0.39 is 45.4 Å². The van der Waals surface area contributed by atoms with E-state index >= 15 is 0 Å². The van der Waals surface area contributed by atoms with Gasteiger partial charge in [-0.1, -0.05) is 36.8 Å². The SMILES string of the molecule is CS(N)(=O)=O.NCCCC[C@H](N)C(=O)N1CCC[C@]1(C(=O)O)C(CCc1ccccc1)C(=O)O. The number of carboxylic acids is 2. The van der Waals surface area contributed by atoms with Crippen LogP contribution in [0.3, 0.4) is 0 Å². The van der Waals surface area contributed by atoms with Gasteiger partial charge >= 0.3 is 11.9 Å². The van der Waals surface area contributed by atoms with Crippen molar-refractivity contribution in [3.8, 4) is 0 Å². The van der Waals surface area contributed by atoms with E-state index in [1.807, 2.05) is 30.3 Å². The molecule has 1 aliphatic rings. The van der Waals surface area contributed by atoms with Gasteiger partial charge in [0.2, 0.25) is 15.9 Å². The Morgan fingerprint density at radius 1 is 1.12 bits per heavy atom. The van der Waals surface area contributed by atoms with E-state index in [-0.39, 0.29) is 19.4 Å². The number of hydrogen-bond acceptors (Lipinski definition) is 7. The number of unbranched alkanes of at least 4 members (excludes halogenated alkanes) is 1. The molecule has 2 rings (SSSR count). The van der Waals surface area contributed by atoms with Crippen molar-refractivity contribution in [3.63, 3.8) is 0 Å². The van der Waals surface area contributed by atoms with Crippen LogP contribution in [0, 0.1) is 5.92 Å². The number of aliphatic carboxylic acids is 2. The highest BCUT2D eigenvalue weighted by Gasteiger charge is 2.58. The van der Waals surface area contributed by atoms with E-state index in [1.165, 1.54) is 4.90 Å². The highest BCUT2D eigenvalue weighted by Crippen LogP contribution is 2.39. The van der Waals surface area contributed by atoms with Gasteiger partial charge in [-0.2, -0.15) is 0 Å². The van der Waals surface area contributed by atoms with Crippen LogP contribution in [0.2, 0.25) is 0 Å². The van der Waals surface area contributed by atoms with Crippen LogP contribution >= 0.6 is 0 Å². The zero-order chi connectivity index (χ0) is 25.9. The number of aryl methyl sites for hydroxylation is 1. The van der Waals surface area contributed by atoms with Gasteiger partial charge in [0.15, 0.2) is 5.54 Å². The molecule has 8 N–H and O–H groups in total. The molecule has 1 aliphatic heterocycles. The number of amides is 1. The van der Waals surface area contributed by atoms with E-state index in [0.717, 1.165) is 18.2 Å². The lowest BCUT2D eigenvalue weighted by molar-refractivity contribution is -0.168. The van der Waals surface area contributed by atoms with Gasteiger partial charge < -0.3 is 26.6 Å². The maximum Gasteiger partial charge on any atom is 0.330 e. The third-order valence-corrected chi connectivity index (χ3v) is 5.78. The minimum absolute atomic E-state index is 0.106. The number of likely N-dealkylation sites (tertiary alicyclic amines) is 1. The Kier molecular flexibility index (Phi) is 11.6. The normalized spacial score (nSPS) is 19.6. The average Bonchev–Trinajstić information content (AvgIpc) is 3.18. The predicted octanol–water partition coefficient (Wildman–Crippen LogP) is 0.127. The quantitative estimate of drug-likeness (QED) is 0.261. The van der Waals surface area contributed by atoms with E-state index in [4.69, 9.17) is 11.5 Å². The van der Waals surface area contributed by atoms with Gasteiger partial charge in [0.05, 0.1) is 18.2 Å². The van der Waals surface area contributed by atoms with Crippen molar-refractivity contribution in [1.82, 2.24) is 4.90 Å². The van der Waals surface area contributed by atoms with Crippen molar-refractivity contribution in [3.05, 3.63) is 35.9 Å². The lowest BCUT2D eigenvalue weighted by atomic mass is 9.77. The van der Waals surface area contributed by atoms with Crippen LogP contribution in [0.4, 0.5) is 0 Å². The summed E-state index contributed by atoms with van der Waals surface area (Å²) in [6.07, 6.45) is 3.79. The molecule has 0 bridgehead atoms. The van der Waals surface area contributed by atoms with Gasteiger partial charge in [-0.05, 0) is 50.6 Å². The van der Waals surface area contributed by atoms with Crippen molar-refractivity contribution in [2.24, 2.45) is 22.5 Å². The Morgan fingerprint density at radius 2 is 1.71 bits per heavy atom. The van der Waals surface area contributed by atoms with Crippen LogP contribution in [0.25, 0.3) is 0 Å². The second-order valence-corrected chi connectivity index (χ2v) is 10.1. The molecular formula is C22H36N4O7S. The summed E-state index contributed by atoms with van der Waals surface area (Å²) in [6.45, 7) is 0.690. The molecule has 34 heavy (non-hydrogen) atoms. The Bertz CT molecular complexity index is 918. The van der Waals surface area contributed by atoms with Crippen LogP contribution < -0.4 is 16.6 Å². The van der Waals surface area contributed by atoms with Crippen molar-refractivity contribution in [1.29, 1.82) is 0 Å². The molecule has 1 heterocycles. The average molecular weight is 501 g/mol. The van der Waals surface area contributed by atoms with Gasteiger partial charge in [0.1, 0.15) is 0 Å². The Labute approximate surface area is 200 Å². The summed E-state index contributed by atoms with van der Waals surface area (Å²) in [5.74, 6) is -4.20. The van der Waals surface area contributed by atoms with Crippen molar-refractivity contribution in [2.75, 3.05) is 19.3 Å². The fourth-order valence-electron chi connectivity index (χ4n) is 4.24. The third kappa shape index (κ3) is 8.67. The molecule has 11 nitrogen and oxygen atoms in total. The van der Waals surface area contributed by atoms with Gasteiger partial charge in [0.25, 0.3) is 0 Å². The van der Waals surface area contributed by atoms with Crippen LogP contribution in [-0.2, 0) is 30.8 Å². The van der Waals surface area contributed by atoms with Crippen molar-refractivity contribution >= 4 is 27.9 Å². The molecule has 0 aromatic heterocycles. The molecule has 1 fully saturated rings. The lowest BCUT2D eigenvalue weighted by Crippen LogP contribution is -2.62. The smallest absolute Gasteiger partial charge is 0.330 e. The molecule has 1 amide bonds. The Balaban J connectivity index is 0.00000104. The zero-order valence-electron chi connectivity index (χ0n) is 19.4. The number of carbonyl (C=O) groups is 3. The number of hydrogen-bond donors (Lipinski definition) is 5. The maximum absolute atomic E-state index is 13.0. The second-order valence-electron chi connectivity index (χ2n) is 8.46. The Hall–Kier alpha value is -2.54. The van der Waals surface area contributed by atoms with Crippen molar-refractivity contribution in [2.45, 2.75) is 56.5 Å². The number of rotatable bonds is 11. The first-order valence-electron chi connectivity index (χ1n) is 11.1. The first-order valence-corrected chi connectivity index (χ1v) is 13.0. The molecule has 3 atom stereocenters. The van der Waals surface area contributed by atoms with Crippen LogP contribution in [-0.4, -0.2) is 72.3 Å². The molecule has 192 valence electrons. The predicted molar refractivity (Wildman–Crippen MR) is 127 cm³/mol. The summed E-state index contributed by atoms with van der Waals surface area (Å²) in [5.41, 5.74) is 10.6. The van der Waals surface area contributed by atoms with E-state index in [0.29, 0.717) is 32.2 Å². The molecule has 0 saturated carbocycles. The number of benzene rings is 1. The minimum atomic E-state index is -3.17.